The van der Waals surface area contributed by atoms with Gasteiger partial charge in [-0.05, 0) is 31.9 Å². The summed E-state index contributed by atoms with van der Waals surface area (Å²) >= 11 is 0. The fourth-order valence-electron chi connectivity index (χ4n) is 3.18. The third-order valence-electron chi connectivity index (χ3n) is 4.24. The Hall–Kier alpha value is -1.73. The van der Waals surface area contributed by atoms with Crippen molar-refractivity contribution in [2.75, 3.05) is 13.1 Å². The summed E-state index contributed by atoms with van der Waals surface area (Å²) in [5.41, 5.74) is 0.914. The van der Waals surface area contributed by atoms with Crippen molar-refractivity contribution in [1.29, 1.82) is 0 Å². The van der Waals surface area contributed by atoms with Crippen molar-refractivity contribution in [3.8, 4) is 0 Å². The van der Waals surface area contributed by atoms with E-state index in [0.29, 0.717) is 13.1 Å². The molecule has 1 aliphatic rings. The number of hydrogen-bond donors (Lipinski definition) is 0. The summed E-state index contributed by atoms with van der Waals surface area (Å²) in [5.74, 6) is 0.211. The largest absolute Gasteiger partial charge is 0.337 e. The van der Waals surface area contributed by atoms with Crippen LogP contribution < -0.4 is 0 Å². The Morgan fingerprint density at radius 2 is 2.04 bits per heavy atom. The Balaban J connectivity index is 1.89. The van der Waals surface area contributed by atoms with Crippen LogP contribution in [0.2, 0.25) is 0 Å². The van der Waals surface area contributed by atoms with E-state index < -0.39 is 15.8 Å². The summed E-state index contributed by atoms with van der Waals surface area (Å²) in [6.07, 6.45) is 3.55. The van der Waals surface area contributed by atoms with Gasteiger partial charge in [0.1, 0.15) is 16.5 Å². The van der Waals surface area contributed by atoms with Gasteiger partial charge >= 0.3 is 0 Å². The molecule has 1 aliphatic heterocycles. The molecule has 0 N–H and O–H groups in total. The lowest BCUT2D eigenvalue weighted by Gasteiger charge is -2.31. The number of aryl methyl sites for hydroxylation is 2. The molecule has 1 fully saturated rings. The number of rotatable bonds is 3. The first-order valence-corrected chi connectivity index (χ1v) is 9.08. The highest BCUT2D eigenvalue weighted by Gasteiger charge is 2.33. The molecule has 0 unspecified atom stereocenters. The maximum absolute atomic E-state index is 13.9. The van der Waals surface area contributed by atoms with Crippen LogP contribution in [-0.4, -0.2) is 35.4 Å². The standard InChI is InChI=1S/C16H20FN3O2S/c1-12-10-19(2)16(18-12)13-6-5-9-20(11-13)23(21,22)15-8-4-3-7-14(15)17/h3-4,7-8,10,13H,5-6,9,11H2,1-2H3/t13-/m0/s1. The molecule has 2 heterocycles. The van der Waals surface area contributed by atoms with E-state index in [1.165, 1.54) is 22.5 Å². The first kappa shape index (κ1) is 16.1. The van der Waals surface area contributed by atoms with E-state index in [-0.39, 0.29) is 10.8 Å². The minimum Gasteiger partial charge on any atom is -0.337 e. The molecule has 3 rings (SSSR count). The molecular formula is C16H20FN3O2S. The molecule has 124 valence electrons. The fourth-order valence-corrected chi connectivity index (χ4v) is 4.77. The third-order valence-corrected chi connectivity index (χ3v) is 6.13. The lowest BCUT2D eigenvalue weighted by atomic mass is 9.99. The van der Waals surface area contributed by atoms with Crippen LogP contribution in [0.4, 0.5) is 4.39 Å². The number of aromatic nitrogens is 2. The lowest BCUT2D eigenvalue weighted by molar-refractivity contribution is 0.305. The summed E-state index contributed by atoms with van der Waals surface area (Å²) in [6.45, 7) is 2.66. The zero-order valence-electron chi connectivity index (χ0n) is 13.2. The van der Waals surface area contributed by atoms with E-state index in [9.17, 15) is 12.8 Å². The molecule has 1 aromatic carbocycles. The normalized spacial score (nSPS) is 19.9. The molecule has 2 aromatic rings. The summed E-state index contributed by atoms with van der Waals surface area (Å²) in [7, 11) is -1.90. The minimum absolute atomic E-state index is 0.0315. The van der Waals surface area contributed by atoms with Gasteiger partial charge in [0.2, 0.25) is 10.0 Å². The highest BCUT2D eigenvalue weighted by molar-refractivity contribution is 7.89. The van der Waals surface area contributed by atoms with Gasteiger partial charge in [-0.2, -0.15) is 4.31 Å². The predicted molar refractivity (Wildman–Crippen MR) is 85.1 cm³/mol. The van der Waals surface area contributed by atoms with E-state index in [4.69, 9.17) is 0 Å². The zero-order chi connectivity index (χ0) is 16.6. The molecular weight excluding hydrogens is 317 g/mol. The smallest absolute Gasteiger partial charge is 0.246 e. The van der Waals surface area contributed by atoms with E-state index in [0.717, 1.165) is 24.4 Å². The van der Waals surface area contributed by atoms with Gasteiger partial charge in [0.05, 0.1) is 5.69 Å². The lowest BCUT2D eigenvalue weighted by Crippen LogP contribution is -2.40. The van der Waals surface area contributed by atoms with Crippen molar-refractivity contribution in [3.05, 3.63) is 47.8 Å². The summed E-state index contributed by atoms with van der Waals surface area (Å²) < 4.78 is 42.7. The van der Waals surface area contributed by atoms with Crippen LogP contribution in [0, 0.1) is 12.7 Å². The summed E-state index contributed by atoms with van der Waals surface area (Å²) in [5, 5.41) is 0. The van der Waals surface area contributed by atoms with E-state index in [1.54, 1.807) is 6.07 Å². The molecule has 0 radical (unpaired) electrons. The van der Waals surface area contributed by atoms with Crippen LogP contribution in [-0.2, 0) is 17.1 Å². The van der Waals surface area contributed by atoms with Gasteiger partial charge in [0.15, 0.2) is 0 Å². The summed E-state index contributed by atoms with van der Waals surface area (Å²) in [4.78, 5) is 4.26. The summed E-state index contributed by atoms with van der Waals surface area (Å²) in [6, 6.07) is 5.53. The number of sulfonamides is 1. The van der Waals surface area contributed by atoms with Crippen molar-refractivity contribution in [3.63, 3.8) is 0 Å². The second-order valence-corrected chi connectivity index (χ2v) is 7.89. The SMILES string of the molecule is Cc1cn(C)c([C@H]2CCCN(S(=O)(=O)c3ccccc3F)C2)n1. The molecule has 1 atom stereocenters. The Kier molecular flexibility index (Phi) is 4.25. The second kappa shape index (κ2) is 6.05. The van der Waals surface area contributed by atoms with Crippen molar-refractivity contribution in [2.24, 2.45) is 7.05 Å². The molecule has 0 amide bonds. The maximum atomic E-state index is 13.9. The second-order valence-electron chi connectivity index (χ2n) is 5.98. The van der Waals surface area contributed by atoms with Gasteiger partial charge < -0.3 is 4.57 Å². The number of piperidine rings is 1. The van der Waals surface area contributed by atoms with Crippen LogP contribution in [0.25, 0.3) is 0 Å². The number of nitrogens with zero attached hydrogens (tertiary/aromatic N) is 3. The van der Waals surface area contributed by atoms with Gasteiger partial charge in [-0.1, -0.05) is 12.1 Å². The van der Waals surface area contributed by atoms with Crippen LogP contribution in [0.1, 0.15) is 30.3 Å². The van der Waals surface area contributed by atoms with E-state index in [1.807, 2.05) is 24.7 Å². The van der Waals surface area contributed by atoms with Crippen molar-refractivity contribution < 1.29 is 12.8 Å². The van der Waals surface area contributed by atoms with Gasteiger partial charge in [-0.3, -0.25) is 0 Å². The number of benzene rings is 1. The third kappa shape index (κ3) is 3.03. The molecule has 5 nitrogen and oxygen atoms in total. The zero-order valence-corrected chi connectivity index (χ0v) is 14.1. The number of hydrogen-bond acceptors (Lipinski definition) is 3. The van der Waals surface area contributed by atoms with Crippen molar-refractivity contribution in [2.45, 2.75) is 30.6 Å². The molecule has 0 aliphatic carbocycles. The molecule has 0 bridgehead atoms. The monoisotopic (exact) mass is 337 g/mol. The predicted octanol–water partition coefficient (Wildman–Crippen LogP) is 2.44. The van der Waals surface area contributed by atoms with Crippen molar-refractivity contribution >= 4 is 10.0 Å². The van der Waals surface area contributed by atoms with Gasteiger partial charge in [0, 0.05) is 32.3 Å². The average molecular weight is 337 g/mol. The van der Waals surface area contributed by atoms with Crippen LogP contribution in [0.5, 0.6) is 0 Å². The molecule has 23 heavy (non-hydrogen) atoms. The van der Waals surface area contributed by atoms with Crippen molar-refractivity contribution in [1.82, 2.24) is 13.9 Å². The van der Waals surface area contributed by atoms with Gasteiger partial charge in [-0.15, -0.1) is 0 Å². The molecule has 1 saturated heterocycles. The Morgan fingerprint density at radius 3 is 2.70 bits per heavy atom. The Morgan fingerprint density at radius 1 is 1.30 bits per heavy atom. The van der Waals surface area contributed by atoms with Gasteiger partial charge in [0.25, 0.3) is 0 Å². The van der Waals surface area contributed by atoms with Crippen LogP contribution in [0.15, 0.2) is 35.4 Å². The Bertz CT molecular complexity index is 816. The number of halogens is 1. The fraction of sp³-hybridized carbons (Fsp3) is 0.438. The average Bonchev–Trinajstić information content (AvgIpc) is 2.86. The topological polar surface area (TPSA) is 55.2 Å². The maximum Gasteiger partial charge on any atom is 0.246 e. The molecule has 1 aromatic heterocycles. The molecule has 7 heteroatoms. The Labute approximate surface area is 135 Å². The van der Waals surface area contributed by atoms with Gasteiger partial charge in [-0.25, -0.2) is 17.8 Å². The van der Waals surface area contributed by atoms with E-state index >= 15 is 0 Å². The molecule has 0 spiro atoms. The van der Waals surface area contributed by atoms with Crippen LogP contribution >= 0.6 is 0 Å². The van der Waals surface area contributed by atoms with Crippen LogP contribution in [0.3, 0.4) is 0 Å². The minimum atomic E-state index is -3.82. The highest BCUT2D eigenvalue weighted by atomic mass is 32.2. The first-order chi connectivity index (χ1) is 10.9. The number of imidazole rings is 1. The first-order valence-electron chi connectivity index (χ1n) is 7.64. The quantitative estimate of drug-likeness (QED) is 0.864. The molecule has 0 saturated carbocycles. The highest BCUT2D eigenvalue weighted by Crippen LogP contribution is 2.30. The van der Waals surface area contributed by atoms with E-state index in [2.05, 4.69) is 4.98 Å².